The van der Waals surface area contributed by atoms with E-state index in [9.17, 15) is 14.0 Å². The van der Waals surface area contributed by atoms with E-state index in [1.165, 1.54) is 12.1 Å². The lowest BCUT2D eigenvalue weighted by atomic mass is 10.1. The normalized spacial score (nSPS) is 17.9. The minimum absolute atomic E-state index is 0.0381. The van der Waals surface area contributed by atoms with Crippen LogP contribution in [-0.2, 0) is 11.3 Å². The van der Waals surface area contributed by atoms with Gasteiger partial charge in [-0.3, -0.25) is 4.90 Å². The van der Waals surface area contributed by atoms with E-state index >= 15 is 0 Å². The lowest BCUT2D eigenvalue weighted by Crippen LogP contribution is -2.65. The van der Waals surface area contributed by atoms with Gasteiger partial charge in [0.25, 0.3) is 0 Å². The van der Waals surface area contributed by atoms with E-state index in [1.54, 1.807) is 17.0 Å². The van der Waals surface area contributed by atoms with Crippen LogP contribution in [-0.4, -0.2) is 103 Å². The highest BCUT2D eigenvalue weighted by atomic mass is 19.1. The summed E-state index contributed by atoms with van der Waals surface area (Å²) in [6, 6.07) is 6.78. The Hall–Kier alpha value is -2.39. The van der Waals surface area contributed by atoms with Crippen molar-refractivity contribution in [2.75, 3.05) is 59.4 Å². The number of halogens is 1. The summed E-state index contributed by atoms with van der Waals surface area (Å²) >= 11 is 0. The van der Waals surface area contributed by atoms with Gasteiger partial charge in [-0.25, -0.2) is 14.0 Å². The molecule has 8 nitrogen and oxygen atoms in total. The zero-order valence-electron chi connectivity index (χ0n) is 19.6. The second-order valence-corrected chi connectivity index (χ2v) is 9.66. The molecule has 0 atom stereocenters. The Morgan fingerprint density at radius 3 is 2.31 bits per heavy atom. The predicted molar refractivity (Wildman–Crippen MR) is 121 cm³/mol. The van der Waals surface area contributed by atoms with E-state index in [1.807, 2.05) is 32.7 Å². The highest BCUT2D eigenvalue weighted by Gasteiger charge is 2.38. The van der Waals surface area contributed by atoms with Crippen molar-refractivity contribution < 1.29 is 18.7 Å². The fourth-order valence-corrected chi connectivity index (χ4v) is 3.90. The molecule has 2 aliphatic rings. The fourth-order valence-electron chi connectivity index (χ4n) is 3.90. The first kappa shape index (κ1) is 24.3. The van der Waals surface area contributed by atoms with Gasteiger partial charge in [-0.1, -0.05) is 12.1 Å². The standard InChI is InChI=1S/C23H36FN5O3/c1-23(2,3)32-22(31)29-16-20(17-29)27-11-13-28(14-12-27)21(30)25-9-10-26(4)15-18-5-7-19(24)8-6-18/h5-8,20H,9-17H2,1-4H3,(H,25,30). The molecule has 3 amide bonds. The molecule has 2 aliphatic heterocycles. The molecule has 32 heavy (non-hydrogen) atoms. The Labute approximate surface area is 190 Å². The fraction of sp³-hybridized carbons (Fsp3) is 0.652. The van der Waals surface area contributed by atoms with Crippen molar-refractivity contribution >= 4 is 12.1 Å². The van der Waals surface area contributed by atoms with Gasteiger partial charge < -0.3 is 24.8 Å². The lowest BCUT2D eigenvalue weighted by molar-refractivity contribution is -0.0221. The third-order valence-electron chi connectivity index (χ3n) is 5.77. The molecule has 0 bridgehead atoms. The minimum atomic E-state index is -0.475. The first-order chi connectivity index (χ1) is 15.1. The van der Waals surface area contributed by atoms with Crippen molar-refractivity contribution in [2.24, 2.45) is 0 Å². The Balaban J connectivity index is 1.29. The first-order valence-corrected chi connectivity index (χ1v) is 11.3. The summed E-state index contributed by atoms with van der Waals surface area (Å²) in [4.78, 5) is 32.6. The van der Waals surface area contributed by atoms with Gasteiger partial charge in [-0.15, -0.1) is 0 Å². The van der Waals surface area contributed by atoms with Gasteiger partial charge in [0.15, 0.2) is 0 Å². The number of carbonyl (C=O) groups is 2. The van der Waals surface area contributed by atoms with Crippen LogP contribution < -0.4 is 5.32 Å². The zero-order valence-corrected chi connectivity index (χ0v) is 19.6. The molecule has 9 heteroatoms. The summed E-state index contributed by atoms with van der Waals surface area (Å²) in [5.41, 5.74) is 0.564. The smallest absolute Gasteiger partial charge is 0.410 e. The number of hydrogen-bond acceptors (Lipinski definition) is 5. The van der Waals surface area contributed by atoms with E-state index in [2.05, 4.69) is 15.1 Å². The van der Waals surface area contributed by atoms with Crippen molar-refractivity contribution in [3.63, 3.8) is 0 Å². The van der Waals surface area contributed by atoms with E-state index in [4.69, 9.17) is 4.74 Å². The molecule has 0 saturated carbocycles. The Morgan fingerprint density at radius 1 is 1.09 bits per heavy atom. The van der Waals surface area contributed by atoms with Crippen LogP contribution in [0.25, 0.3) is 0 Å². The third-order valence-corrected chi connectivity index (χ3v) is 5.77. The van der Waals surface area contributed by atoms with Gasteiger partial charge in [-0.2, -0.15) is 0 Å². The molecule has 2 heterocycles. The number of likely N-dealkylation sites (tertiary alicyclic amines) is 1. The Morgan fingerprint density at radius 2 is 1.72 bits per heavy atom. The maximum absolute atomic E-state index is 13.0. The summed E-state index contributed by atoms with van der Waals surface area (Å²) in [5.74, 6) is -0.235. The van der Waals surface area contributed by atoms with Crippen LogP contribution in [0.4, 0.5) is 14.0 Å². The topological polar surface area (TPSA) is 68.4 Å². The molecule has 0 aromatic heterocycles. The number of carbonyl (C=O) groups excluding carboxylic acids is 2. The average molecular weight is 450 g/mol. The number of urea groups is 1. The zero-order chi connectivity index (χ0) is 23.3. The summed E-state index contributed by atoms with van der Waals surface area (Å²) in [7, 11) is 1.98. The molecule has 2 saturated heterocycles. The number of nitrogens with one attached hydrogen (secondary N) is 1. The van der Waals surface area contributed by atoms with E-state index in [0.29, 0.717) is 51.9 Å². The van der Waals surface area contributed by atoms with Crippen LogP contribution in [0.2, 0.25) is 0 Å². The molecule has 0 unspecified atom stereocenters. The monoisotopic (exact) mass is 449 g/mol. The first-order valence-electron chi connectivity index (χ1n) is 11.3. The van der Waals surface area contributed by atoms with Gasteiger partial charge in [0.2, 0.25) is 0 Å². The second kappa shape index (κ2) is 10.5. The molecule has 0 aliphatic carbocycles. The molecule has 3 rings (SSSR count). The van der Waals surface area contributed by atoms with E-state index in [0.717, 1.165) is 18.7 Å². The van der Waals surface area contributed by atoms with Crippen LogP contribution in [0, 0.1) is 5.82 Å². The van der Waals surface area contributed by atoms with Gasteiger partial charge in [0.05, 0.1) is 0 Å². The van der Waals surface area contributed by atoms with Gasteiger partial charge in [0.1, 0.15) is 11.4 Å². The highest BCUT2D eigenvalue weighted by molar-refractivity contribution is 5.74. The molecular formula is C23H36FN5O3. The summed E-state index contributed by atoms with van der Waals surface area (Å²) < 4.78 is 18.4. The summed E-state index contributed by atoms with van der Waals surface area (Å²) in [5, 5.41) is 2.99. The average Bonchev–Trinajstić information content (AvgIpc) is 2.67. The summed E-state index contributed by atoms with van der Waals surface area (Å²) in [6.45, 7) is 11.9. The number of amides is 3. The van der Waals surface area contributed by atoms with Crippen LogP contribution in [0.3, 0.4) is 0 Å². The maximum Gasteiger partial charge on any atom is 0.410 e. The highest BCUT2D eigenvalue weighted by Crippen LogP contribution is 2.20. The van der Waals surface area contributed by atoms with Crippen LogP contribution in [0.15, 0.2) is 24.3 Å². The maximum atomic E-state index is 13.0. The van der Waals surface area contributed by atoms with E-state index in [-0.39, 0.29) is 17.9 Å². The third kappa shape index (κ3) is 7.06. The molecule has 0 radical (unpaired) electrons. The van der Waals surface area contributed by atoms with Crippen molar-refractivity contribution in [1.29, 1.82) is 0 Å². The van der Waals surface area contributed by atoms with Gasteiger partial charge in [-0.05, 0) is 45.5 Å². The molecule has 2 fully saturated rings. The van der Waals surface area contributed by atoms with Gasteiger partial charge in [0, 0.05) is 64.9 Å². The van der Waals surface area contributed by atoms with Crippen molar-refractivity contribution in [1.82, 2.24) is 24.9 Å². The number of nitrogens with zero attached hydrogens (tertiary/aromatic N) is 4. The molecule has 1 aromatic rings. The molecule has 1 N–H and O–H groups in total. The predicted octanol–water partition coefficient (Wildman–Crippen LogP) is 2.20. The quantitative estimate of drug-likeness (QED) is 0.721. The second-order valence-electron chi connectivity index (χ2n) is 9.66. The van der Waals surface area contributed by atoms with Crippen molar-refractivity contribution in [3.8, 4) is 0 Å². The van der Waals surface area contributed by atoms with Crippen molar-refractivity contribution in [2.45, 2.75) is 39.0 Å². The Bertz CT molecular complexity index is 769. The number of benzene rings is 1. The van der Waals surface area contributed by atoms with Gasteiger partial charge >= 0.3 is 12.1 Å². The number of piperazine rings is 1. The number of rotatable bonds is 6. The molecule has 178 valence electrons. The van der Waals surface area contributed by atoms with E-state index < -0.39 is 5.60 Å². The lowest BCUT2D eigenvalue weighted by Gasteiger charge is -2.47. The SMILES string of the molecule is CN(CCNC(=O)N1CCN(C2CN(C(=O)OC(C)(C)C)C2)CC1)Cc1ccc(F)cc1. The Kier molecular flexibility index (Phi) is 7.95. The van der Waals surface area contributed by atoms with Crippen molar-refractivity contribution in [3.05, 3.63) is 35.6 Å². The van der Waals surface area contributed by atoms with Crippen LogP contribution in [0.1, 0.15) is 26.3 Å². The number of likely N-dealkylation sites (N-methyl/N-ethyl adjacent to an activating group) is 1. The molecule has 0 spiro atoms. The largest absolute Gasteiger partial charge is 0.444 e. The molecule has 1 aromatic carbocycles. The number of ether oxygens (including phenoxy) is 1. The molecular weight excluding hydrogens is 413 g/mol. The number of hydrogen-bond donors (Lipinski definition) is 1. The minimum Gasteiger partial charge on any atom is -0.444 e. The summed E-state index contributed by atoms with van der Waals surface area (Å²) in [6.07, 6.45) is -0.254. The van der Waals surface area contributed by atoms with Crippen LogP contribution >= 0.6 is 0 Å². The van der Waals surface area contributed by atoms with Crippen LogP contribution in [0.5, 0.6) is 0 Å².